The lowest BCUT2D eigenvalue weighted by atomic mass is 9.83. The second-order valence-electron chi connectivity index (χ2n) is 7.46. The average Bonchev–Trinajstić information content (AvgIpc) is 2.73. The Bertz CT molecular complexity index is 934. The van der Waals surface area contributed by atoms with E-state index >= 15 is 0 Å². The van der Waals surface area contributed by atoms with Crippen molar-refractivity contribution < 1.29 is 9.72 Å². The fourth-order valence-electron chi connectivity index (χ4n) is 4.41. The molecule has 2 aliphatic rings. The first-order valence-electron chi connectivity index (χ1n) is 9.80. The van der Waals surface area contributed by atoms with Crippen molar-refractivity contribution in [2.45, 2.75) is 19.4 Å². The molecule has 7 nitrogen and oxygen atoms in total. The SMILES string of the molecule is CCNC(=O)[C@H]1Cc2cc([N+](=O)[O-])ccc2N2CCN(c3ccc(Cl)cc3)C[C@H]12. The van der Waals surface area contributed by atoms with E-state index < -0.39 is 0 Å². The van der Waals surface area contributed by atoms with Crippen LogP contribution in [0.15, 0.2) is 42.5 Å². The lowest BCUT2D eigenvalue weighted by Crippen LogP contribution is -2.61. The van der Waals surface area contributed by atoms with Crippen LogP contribution in [-0.4, -0.2) is 43.1 Å². The molecule has 0 bridgehead atoms. The number of nitrogens with zero attached hydrogens (tertiary/aromatic N) is 3. The lowest BCUT2D eigenvalue weighted by molar-refractivity contribution is -0.384. The summed E-state index contributed by atoms with van der Waals surface area (Å²) < 4.78 is 0. The van der Waals surface area contributed by atoms with Gasteiger partial charge in [0.05, 0.1) is 16.9 Å². The number of nitro benzene ring substituents is 1. The standard InChI is InChI=1S/C21H23ClN4O3/c1-2-23-21(27)18-12-14-11-17(26(28)29)7-8-19(14)25-10-9-24(13-20(18)25)16-5-3-15(22)4-6-16/h3-8,11,18,20H,2,9-10,12-13H2,1H3,(H,23,27)/t18-,20+/m0/s1. The minimum atomic E-state index is -0.383. The summed E-state index contributed by atoms with van der Waals surface area (Å²) in [6.07, 6.45) is 0.498. The highest BCUT2D eigenvalue weighted by atomic mass is 35.5. The summed E-state index contributed by atoms with van der Waals surface area (Å²) in [5, 5.41) is 14.8. The Labute approximate surface area is 174 Å². The molecule has 1 amide bonds. The van der Waals surface area contributed by atoms with E-state index in [2.05, 4.69) is 15.1 Å². The number of benzene rings is 2. The van der Waals surface area contributed by atoms with Crippen molar-refractivity contribution in [3.63, 3.8) is 0 Å². The third-order valence-corrected chi connectivity index (χ3v) is 6.04. The van der Waals surface area contributed by atoms with Gasteiger partial charge in [0.25, 0.3) is 5.69 Å². The summed E-state index contributed by atoms with van der Waals surface area (Å²) in [6, 6.07) is 12.7. The largest absolute Gasteiger partial charge is 0.368 e. The fourth-order valence-corrected chi connectivity index (χ4v) is 4.54. The Hall–Kier alpha value is -2.80. The number of carbonyl (C=O) groups is 1. The summed E-state index contributed by atoms with van der Waals surface area (Å²) in [7, 11) is 0. The molecular weight excluding hydrogens is 392 g/mol. The molecule has 2 aromatic rings. The van der Waals surface area contributed by atoms with E-state index in [1.54, 1.807) is 12.1 Å². The van der Waals surface area contributed by atoms with E-state index in [-0.39, 0.29) is 28.5 Å². The number of non-ortho nitro benzene ring substituents is 1. The Morgan fingerprint density at radius 1 is 1.24 bits per heavy atom. The van der Waals surface area contributed by atoms with E-state index in [9.17, 15) is 14.9 Å². The van der Waals surface area contributed by atoms with E-state index in [0.717, 1.165) is 30.0 Å². The highest BCUT2D eigenvalue weighted by Crippen LogP contribution is 2.38. The van der Waals surface area contributed by atoms with Crippen molar-refractivity contribution in [3.8, 4) is 0 Å². The molecule has 1 fully saturated rings. The maximum absolute atomic E-state index is 12.9. The molecule has 2 atom stereocenters. The number of rotatable bonds is 4. The van der Waals surface area contributed by atoms with Gasteiger partial charge in [-0.25, -0.2) is 0 Å². The number of amides is 1. The zero-order valence-corrected chi connectivity index (χ0v) is 16.9. The molecule has 4 rings (SSSR count). The number of nitro groups is 1. The van der Waals surface area contributed by atoms with Crippen LogP contribution in [0.3, 0.4) is 0 Å². The quantitative estimate of drug-likeness (QED) is 0.613. The van der Waals surface area contributed by atoms with Gasteiger partial charge in [0, 0.05) is 54.7 Å². The summed E-state index contributed by atoms with van der Waals surface area (Å²) >= 11 is 6.02. The normalized spacial score (nSPS) is 20.6. The highest BCUT2D eigenvalue weighted by Gasteiger charge is 2.41. The molecule has 0 unspecified atom stereocenters. The van der Waals surface area contributed by atoms with Gasteiger partial charge in [-0.15, -0.1) is 0 Å². The number of piperazine rings is 1. The van der Waals surface area contributed by atoms with Gasteiger partial charge >= 0.3 is 0 Å². The van der Waals surface area contributed by atoms with E-state index in [4.69, 9.17) is 11.6 Å². The van der Waals surface area contributed by atoms with Crippen molar-refractivity contribution in [1.82, 2.24) is 5.32 Å². The van der Waals surface area contributed by atoms with Gasteiger partial charge in [-0.2, -0.15) is 0 Å². The molecule has 0 aromatic heterocycles. The number of halogens is 1. The molecule has 0 radical (unpaired) electrons. The number of carbonyl (C=O) groups excluding carboxylic acids is 1. The van der Waals surface area contributed by atoms with E-state index in [1.165, 1.54) is 0 Å². The first-order chi connectivity index (χ1) is 14.0. The fraction of sp³-hybridized carbons (Fsp3) is 0.381. The Kier molecular flexibility index (Phi) is 5.32. The number of nitrogens with one attached hydrogen (secondary N) is 1. The van der Waals surface area contributed by atoms with Gasteiger partial charge in [0.15, 0.2) is 0 Å². The van der Waals surface area contributed by atoms with Crippen LogP contribution < -0.4 is 15.1 Å². The zero-order valence-electron chi connectivity index (χ0n) is 16.2. The Morgan fingerprint density at radius 2 is 2.00 bits per heavy atom. The molecule has 0 spiro atoms. The molecule has 1 saturated heterocycles. The maximum atomic E-state index is 12.9. The molecule has 2 heterocycles. The van der Waals surface area contributed by atoms with Crippen LogP contribution in [0, 0.1) is 16.0 Å². The third-order valence-electron chi connectivity index (χ3n) is 5.79. The first-order valence-corrected chi connectivity index (χ1v) is 10.2. The van der Waals surface area contributed by atoms with Crippen LogP contribution in [0.4, 0.5) is 17.1 Å². The van der Waals surface area contributed by atoms with Gasteiger partial charge in [-0.1, -0.05) is 11.6 Å². The van der Waals surface area contributed by atoms with Crippen molar-refractivity contribution >= 4 is 34.6 Å². The second-order valence-corrected chi connectivity index (χ2v) is 7.89. The molecule has 0 saturated carbocycles. The first kappa shape index (κ1) is 19.5. The number of anilines is 2. The molecule has 2 aromatic carbocycles. The predicted octanol–water partition coefficient (Wildman–Crippen LogP) is 3.25. The third kappa shape index (κ3) is 3.74. The van der Waals surface area contributed by atoms with Crippen molar-refractivity contribution in [3.05, 3.63) is 63.2 Å². The van der Waals surface area contributed by atoms with Crippen molar-refractivity contribution in [2.24, 2.45) is 5.92 Å². The van der Waals surface area contributed by atoms with Gasteiger partial charge in [-0.3, -0.25) is 14.9 Å². The topological polar surface area (TPSA) is 78.7 Å². The van der Waals surface area contributed by atoms with Gasteiger partial charge < -0.3 is 15.1 Å². The average molecular weight is 415 g/mol. The van der Waals surface area contributed by atoms with Gasteiger partial charge in [-0.05, 0) is 49.2 Å². The van der Waals surface area contributed by atoms with Crippen LogP contribution >= 0.6 is 11.6 Å². The van der Waals surface area contributed by atoms with Gasteiger partial charge in [0.2, 0.25) is 5.91 Å². The van der Waals surface area contributed by atoms with Gasteiger partial charge in [0.1, 0.15) is 0 Å². The van der Waals surface area contributed by atoms with E-state index in [1.807, 2.05) is 37.3 Å². The highest BCUT2D eigenvalue weighted by molar-refractivity contribution is 6.30. The predicted molar refractivity (Wildman–Crippen MR) is 114 cm³/mol. The second kappa shape index (κ2) is 7.91. The lowest BCUT2D eigenvalue weighted by Gasteiger charge is -2.49. The van der Waals surface area contributed by atoms with Crippen LogP contribution in [0.1, 0.15) is 12.5 Å². The number of fused-ring (bicyclic) bond motifs is 3. The molecule has 8 heteroatoms. The minimum absolute atomic E-state index is 0.0000609. The summed E-state index contributed by atoms with van der Waals surface area (Å²) in [4.78, 5) is 28.2. The van der Waals surface area contributed by atoms with Crippen LogP contribution in [-0.2, 0) is 11.2 Å². The van der Waals surface area contributed by atoms with E-state index in [0.29, 0.717) is 24.5 Å². The zero-order chi connectivity index (χ0) is 20.5. The summed E-state index contributed by atoms with van der Waals surface area (Å²) in [5.41, 5.74) is 3.01. The molecular formula is C21H23ClN4O3. The van der Waals surface area contributed by atoms with Crippen LogP contribution in [0.5, 0.6) is 0 Å². The Balaban J connectivity index is 1.67. The molecule has 1 N–H and O–H groups in total. The van der Waals surface area contributed by atoms with Crippen molar-refractivity contribution in [1.29, 1.82) is 0 Å². The molecule has 0 aliphatic carbocycles. The molecule has 152 valence electrons. The molecule has 2 aliphatic heterocycles. The van der Waals surface area contributed by atoms with Crippen LogP contribution in [0.2, 0.25) is 5.02 Å². The Morgan fingerprint density at radius 3 is 2.69 bits per heavy atom. The molecule has 29 heavy (non-hydrogen) atoms. The summed E-state index contributed by atoms with van der Waals surface area (Å²) in [5.74, 6) is -0.267. The number of hydrogen-bond acceptors (Lipinski definition) is 5. The van der Waals surface area contributed by atoms with Crippen molar-refractivity contribution in [2.75, 3.05) is 36.0 Å². The maximum Gasteiger partial charge on any atom is 0.269 e. The monoisotopic (exact) mass is 414 g/mol. The van der Waals surface area contributed by atoms with Crippen LogP contribution in [0.25, 0.3) is 0 Å². The number of hydrogen-bond donors (Lipinski definition) is 1. The summed E-state index contributed by atoms with van der Waals surface area (Å²) in [6.45, 7) is 4.72. The smallest absolute Gasteiger partial charge is 0.269 e. The minimum Gasteiger partial charge on any atom is -0.368 e.